The molecule has 0 radical (unpaired) electrons. The van der Waals surface area contributed by atoms with E-state index in [0.717, 1.165) is 27.7 Å². The van der Waals surface area contributed by atoms with Crippen molar-refractivity contribution in [1.82, 2.24) is 0 Å². The molecule has 0 aromatic rings. The molecule has 0 aromatic carbocycles. The van der Waals surface area contributed by atoms with Crippen LogP contribution in [0, 0.1) is 0 Å². The lowest BCUT2D eigenvalue weighted by Crippen LogP contribution is -2.38. The molecule has 0 amide bonds. The summed E-state index contributed by atoms with van der Waals surface area (Å²) in [5, 5.41) is 0. The summed E-state index contributed by atoms with van der Waals surface area (Å²) in [7, 11) is 0. The third kappa shape index (κ3) is 7.09. The van der Waals surface area contributed by atoms with Crippen LogP contribution in [0.5, 0.6) is 0 Å². The van der Waals surface area contributed by atoms with E-state index in [1.54, 1.807) is 0 Å². The molecule has 0 saturated heterocycles. The number of carbonyl (C=O) groups is 6. The van der Waals surface area contributed by atoms with Gasteiger partial charge in [-0.1, -0.05) is 0 Å². The highest BCUT2D eigenvalue weighted by molar-refractivity contribution is 6.11. The van der Waals surface area contributed by atoms with Gasteiger partial charge in [-0.2, -0.15) is 0 Å². The zero-order valence-corrected chi connectivity index (χ0v) is 12.8. The lowest BCUT2D eigenvalue weighted by molar-refractivity contribution is -0.320. The van der Waals surface area contributed by atoms with Gasteiger partial charge in [0.2, 0.25) is 12.2 Å². The highest BCUT2D eigenvalue weighted by Crippen LogP contribution is 2.07. The topological polar surface area (TPSA) is 121 Å². The van der Waals surface area contributed by atoms with Gasteiger partial charge < -0.3 is 0 Å². The molecule has 0 aliphatic carbocycles. The first kappa shape index (κ1) is 19.9. The van der Waals surface area contributed by atoms with Crippen LogP contribution in [0.4, 0.5) is 0 Å². The Morgan fingerprint density at radius 2 is 0.909 bits per heavy atom. The van der Waals surface area contributed by atoms with Gasteiger partial charge >= 0.3 is 0 Å². The van der Waals surface area contributed by atoms with Gasteiger partial charge in [0.25, 0.3) is 0 Å². The molecule has 0 aliphatic heterocycles. The molecule has 0 saturated carbocycles. The molecule has 8 heteroatoms. The van der Waals surface area contributed by atoms with Crippen LogP contribution in [0.1, 0.15) is 40.5 Å². The summed E-state index contributed by atoms with van der Waals surface area (Å²) in [6.45, 7) is 4.38. The minimum atomic E-state index is -1.71. The molecule has 0 bridgehead atoms. The Morgan fingerprint density at radius 3 is 1.09 bits per heavy atom. The van der Waals surface area contributed by atoms with Crippen LogP contribution in [0.3, 0.4) is 0 Å². The van der Waals surface area contributed by atoms with Crippen molar-refractivity contribution in [2.24, 2.45) is 0 Å². The summed E-state index contributed by atoms with van der Waals surface area (Å²) in [4.78, 5) is 76.9. The third-order valence-corrected chi connectivity index (χ3v) is 2.42. The fraction of sp³-hybridized carbons (Fsp3) is 0.571. The van der Waals surface area contributed by atoms with Gasteiger partial charge in [-0.3, -0.25) is 28.8 Å². The zero-order chi connectivity index (χ0) is 17.4. The van der Waals surface area contributed by atoms with E-state index in [2.05, 4.69) is 9.78 Å². The highest BCUT2D eigenvalue weighted by atomic mass is 17.2. The second-order valence-corrected chi connectivity index (χ2v) is 4.86. The van der Waals surface area contributed by atoms with Crippen LogP contribution in [0.25, 0.3) is 0 Å². The smallest absolute Gasteiger partial charge is 0.209 e. The van der Waals surface area contributed by atoms with Crippen molar-refractivity contribution in [2.75, 3.05) is 0 Å². The summed E-state index contributed by atoms with van der Waals surface area (Å²) in [5.74, 6) is -4.13. The fourth-order valence-corrected chi connectivity index (χ4v) is 1.48. The number of rotatable bonds is 11. The van der Waals surface area contributed by atoms with Crippen LogP contribution in [0.15, 0.2) is 0 Å². The second-order valence-electron chi connectivity index (χ2n) is 4.86. The van der Waals surface area contributed by atoms with Crippen LogP contribution in [0.2, 0.25) is 0 Å². The number of carbonyl (C=O) groups excluding carboxylic acids is 6. The molecule has 2 atom stereocenters. The minimum Gasteiger partial charge on any atom is -0.300 e. The summed E-state index contributed by atoms with van der Waals surface area (Å²) in [5.41, 5.74) is 0. The molecule has 2 unspecified atom stereocenters. The van der Waals surface area contributed by atoms with Crippen molar-refractivity contribution < 1.29 is 38.5 Å². The number of Topliss-reactive ketones (excluding diaryl/α,β-unsaturated/α-hetero) is 6. The number of hydrogen-bond donors (Lipinski definition) is 0. The van der Waals surface area contributed by atoms with Crippen molar-refractivity contribution in [2.45, 2.75) is 52.7 Å². The van der Waals surface area contributed by atoms with Crippen LogP contribution < -0.4 is 0 Å². The quantitative estimate of drug-likeness (QED) is 0.295. The normalized spacial score (nSPS) is 13.1. The Bertz CT molecular complexity index is 459. The van der Waals surface area contributed by atoms with Gasteiger partial charge in [0.05, 0.1) is 12.8 Å². The number of ketones is 6. The third-order valence-electron chi connectivity index (χ3n) is 2.42. The SMILES string of the molecule is CC(=O)CC(=O)C(OOC(C(C)=O)C(=O)CC(C)=O)C(C)=O. The second kappa shape index (κ2) is 9.06. The van der Waals surface area contributed by atoms with Gasteiger partial charge in [0, 0.05) is 0 Å². The maximum Gasteiger partial charge on any atom is 0.209 e. The van der Waals surface area contributed by atoms with Gasteiger partial charge in [-0.25, -0.2) is 9.78 Å². The first-order chi connectivity index (χ1) is 10.1. The summed E-state index contributed by atoms with van der Waals surface area (Å²) < 4.78 is 0. The standard InChI is InChI=1S/C14H18O8/c1-7(15)5-11(19)13(9(3)17)21-22-14(10(4)18)12(20)6-8(2)16/h13-14H,5-6H2,1-4H3. The van der Waals surface area contributed by atoms with Crippen molar-refractivity contribution >= 4 is 34.7 Å². The van der Waals surface area contributed by atoms with Gasteiger partial charge in [-0.15, -0.1) is 0 Å². The maximum absolute atomic E-state index is 11.7. The zero-order valence-electron chi connectivity index (χ0n) is 12.8. The molecular formula is C14H18O8. The van der Waals surface area contributed by atoms with Crippen molar-refractivity contribution in [3.05, 3.63) is 0 Å². The minimum absolute atomic E-state index is 0.476. The Hall–Kier alpha value is -2.06. The molecule has 0 aliphatic rings. The molecule has 0 heterocycles. The summed E-state index contributed by atoms with van der Waals surface area (Å²) in [6, 6.07) is 0. The van der Waals surface area contributed by atoms with E-state index in [-0.39, 0.29) is 0 Å². The number of hydrogen-bond acceptors (Lipinski definition) is 8. The van der Waals surface area contributed by atoms with Crippen molar-refractivity contribution in [1.29, 1.82) is 0 Å². The first-order valence-corrected chi connectivity index (χ1v) is 6.43. The molecule has 0 fully saturated rings. The van der Waals surface area contributed by atoms with E-state index in [9.17, 15) is 28.8 Å². The molecule has 22 heavy (non-hydrogen) atoms. The largest absolute Gasteiger partial charge is 0.300 e. The summed E-state index contributed by atoms with van der Waals surface area (Å²) >= 11 is 0. The predicted molar refractivity (Wildman–Crippen MR) is 71.7 cm³/mol. The van der Waals surface area contributed by atoms with Crippen LogP contribution in [-0.2, 0) is 38.5 Å². The van der Waals surface area contributed by atoms with Crippen molar-refractivity contribution in [3.63, 3.8) is 0 Å². The maximum atomic E-state index is 11.7. The lowest BCUT2D eigenvalue weighted by atomic mass is 10.1. The molecule has 0 rings (SSSR count). The lowest BCUT2D eigenvalue weighted by Gasteiger charge is -2.16. The Labute approximate surface area is 127 Å². The van der Waals surface area contributed by atoms with E-state index in [1.807, 2.05) is 0 Å². The summed E-state index contributed by atoms with van der Waals surface area (Å²) in [6.07, 6.45) is -4.51. The van der Waals surface area contributed by atoms with E-state index >= 15 is 0 Å². The van der Waals surface area contributed by atoms with Crippen LogP contribution >= 0.6 is 0 Å². The van der Waals surface area contributed by atoms with Crippen LogP contribution in [-0.4, -0.2) is 46.9 Å². The molecule has 8 nitrogen and oxygen atoms in total. The van der Waals surface area contributed by atoms with E-state index in [0.29, 0.717) is 0 Å². The molecular weight excluding hydrogens is 296 g/mol. The van der Waals surface area contributed by atoms with Gasteiger partial charge in [0.1, 0.15) is 11.6 Å². The molecule has 0 spiro atoms. The van der Waals surface area contributed by atoms with Gasteiger partial charge in [-0.05, 0) is 27.7 Å². The van der Waals surface area contributed by atoms with Crippen molar-refractivity contribution in [3.8, 4) is 0 Å². The average Bonchev–Trinajstić information content (AvgIpc) is 2.31. The average molecular weight is 314 g/mol. The fourth-order valence-electron chi connectivity index (χ4n) is 1.48. The van der Waals surface area contributed by atoms with Gasteiger partial charge in [0.15, 0.2) is 23.1 Å². The Morgan fingerprint density at radius 1 is 0.636 bits per heavy atom. The molecule has 122 valence electrons. The predicted octanol–water partition coefficient (Wildman–Crippen LogP) is -0.0538. The molecule has 0 aromatic heterocycles. The first-order valence-electron chi connectivity index (χ1n) is 6.43. The Kier molecular flexibility index (Phi) is 8.21. The molecule has 0 N–H and O–H groups in total. The highest BCUT2D eigenvalue weighted by Gasteiger charge is 2.31. The Balaban J connectivity index is 4.92. The monoisotopic (exact) mass is 314 g/mol. The van der Waals surface area contributed by atoms with E-state index in [4.69, 9.17) is 0 Å². The van der Waals surface area contributed by atoms with E-state index < -0.39 is 59.7 Å². The van der Waals surface area contributed by atoms with E-state index in [1.165, 1.54) is 0 Å².